The summed E-state index contributed by atoms with van der Waals surface area (Å²) >= 11 is 0. The van der Waals surface area contributed by atoms with Crippen LogP contribution < -0.4 is 5.32 Å². The molecule has 2 aliphatic heterocycles. The number of rotatable bonds is 5. The molecule has 19 heavy (non-hydrogen) atoms. The molecule has 0 saturated carbocycles. The number of hydrogen-bond donors (Lipinski definition) is 2. The van der Waals surface area contributed by atoms with E-state index in [1.807, 2.05) is 0 Å². The quantitative estimate of drug-likeness (QED) is 0.674. The standard InChI is InChI=1S/C12H25N3O3S/c16-11-12-1-5-15(6-2-12)19(17,18)10-9-14-7-3-13-4-8-14/h12-13,16H,1-11H2. The Hall–Kier alpha value is -0.210. The fourth-order valence-corrected chi connectivity index (χ4v) is 4.19. The molecule has 6 nitrogen and oxygen atoms in total. The van der Waals surface area contributed by atoms with Crippen LogP contribution in [0.25, 0.3) is 0 Å². The third-order valence-corrected chi connectivity index (χ3v) is 5.95. The summed E-state index contributed by atoms with van der Waals surface area (Å²) in [5.41, 5.74) is 0. The maximum atomic E-state index is 12.2. The Morgan fingerprint density at radius 1 is 1.11 bits per heavy atom. The Labute approximate surface area is 115 Å². The van der Waals surface area contributed by atoms with Crippen LogP contribution in [0.3, 0.4) is 0 Å². The van der Waals surface area contributed by atoms with Crippen molar-refractivity contribution in [2.24, 2.45) is 5.92 Å². The molecule has 0 spiro atoms. The number of piperidine rings is 1. The van der Waals surface area contributed by atoms with Crippen molar-refractivity contribution in [3.8, 4) is 0 Å². The molecule has 0 unspecified atom stereocenters. The lowest BCUT2D eigenvalue weighted by Gasteiger charge is -2.32. The van der Waals surface area contributed by atoms with E-state index in [0.717, 1.165) is 39.0 Å². The van der Waals surface area contributed by atoms with Gasteiger partial charge in [-0.1, -0.05) is 0 Å². The van der Waals surface area contributed by atoms with Crippen molar-refractivity contribution in [2.45, 2.75) is 12.8 Å². The minimum atomic E-state index is -3.12. The highest BCUT2D eigenvalue weighted by Gasteiger charge is 2.28. The largest absolute Gasteiger partial charge is 0.396 e. The molecular weight excluding hydrogens is 266 g/mol. The van der Waals surface area contributed by atoms with Crippen molar-refractivity contribution < 1.29 is 13.5 Å². The fraction of sp³-hybridized carbons (Fsp3) is 1.00. The predicted molar refractivity (Wildman–Crippen MR) is 74.5 cm³/mol. The molecule has 0 aromatic heterocycles. The molecule has 0 aliphatic carbocycles. The summed E-state index contributed by atoms with van der Waals surface area (Å²) in [6.07, 6.45) is 1.56. The number of hydrogen-bond acceptors (Lipinski definition) is 5. The number of nitrogens with one attached hydrogen (secondary N) is 1. The highest BCUT2D eigenvalue weighted by atomic mass is 32.2. The van der Waals surface area contributed by atoms with Crippen molar-refractivity contribution in [1.29, 1.82) is 0 Å². The normalized spacial score (nSPS) is 24.7. The fourth-order valence-electron chi connectivity index (χ4n) is 2.68. The lowest BCUT2D eigenvalue weighted by Crippen LogP contribution is -2.47. The molecular formula is C12H25N3O3S. The molecule has 112 valence electrons. The Morgan fingerprint density at radius 3 is 2.32 bits per heavy atom. The van der Waals surface area contributed by atoms with Gasteiger partial charge in [-0.25, -0.2) is 12.7 Å². The SMILES string of the molecule is O=S(=O)(CCN1CCNCC1)N1CCC(CO)CC1. The van der Waals surface area contributed by atoms with Crippen molar-refractivity contribution in [2.75, 3.05) is 58.2 Å². The third-order valence-electron chi connectivity index (χ3n) is 4.10. The number of aliphatic hydroxyl groups is 1. The van der Waals surface area contributed by atoms with E-state index in [1.54, 1.807) is 4.31 Å². The summed E-state index contributed by atoms with van der Waals surface area (Å²) in [5.74, 6) is 0.496. The highest BCUT2D eigenvalue weighted by Crippen LogP contribution is 2.19. The number of nitrogens with zero attached hydrogens (tertiary/aromatic N) is 2. The molecule has 2 aliphatic rings. The summed E-state index contributed by atoms with van der Waals surface area (Å²) in [6, 6.07) is 0. The van der Waals surface area contributed by atoms with E-state index in [1.165, 1.54) is 0 Å². The van der Waals surface area contributed by atoms with Gasteiger partial charge in [-0.05, 0) is 18.8 Å². The summed E-state index contributed by atoms with van der Waals surface area (Å²) < 4.78 is 26.1. The second kappa shape index (κ2) is 6.99. The summed E-state index contributed by atoms with van der Waals surface area (Å²) in [4.78, 5) is 2.20. The van der Waals surface area contributed by atoms with Crippen LogP contribution >= 0.6 is 0 Å². The van der Waals surface area contributed by atoms with Gasteiger partial charge in [0.1, 0.15) is 0 Å². The maximum absolute atomic E-state index is 12.2. The first-order valence-electron chi connectivity index (χ1n) is 7.13. The zero-order valence-corrected chi connectivity index (χ0v) is 12.2. The summed E-state index contributed by atoms with van der Waals surface area (Å²) in [5, 5.41) is 12.3. The van der Waals surface area contributed by atoms with Crippen LogP contribution in [0.5, 0.6) is 0 Å². The lowest BCUT2D eigenvalue weighted by molar-refractivity contribution is 0.169. The topological polar surface area (TPSA) is 72.9 Å². The minimum Gasteiger partial charge on any atom is -0.396 e. The predicted octanol–water partition coefficient (Wildman–Crippen LogP) is -1.07. The van der Waals surface area contributed by atoms with Crippen molar-refractivity contribution in [3.63, 3.8) is 0 Å². The zero-order chi connectivity index (χ0) is 13.7. The van der Waals surface area contributed by atoms with E-state index < -0.39 is 10.0 Å². The van der Waals surface area contributed by atoms with Crippen molar-refractivity contribution in [3.05, 3.63) is 0 Å². The van der Waals surface area contributed by atoms with Gasteiger partial charge in [-0.3, -0.25) is 4.90 Å². The Balaban J connectivity index is 1.78. The van der Waals surface area contributed by atoms with Gasteiger partial charge >= 0.3 is 0 Å². The Bertz CT molecular complexity index is 360. The van der Waals surface area contributed by atoms with Gasteiger partial charge in [0.2, 0.25) is 10.0 Å². The zero-order valence-electron chi connectivity index (χ0n) is 11.4. The number of piperazine rings is 1. The molecule has 2 fully saturated rings. The van der Waals surface area contributed by atoms with Gasteiger partial charge in [0.25, 0.3) is 0 Å². The maximum Gasteiger partial charge on any atom is 0.215 e. The Morgan fingerprint density at radius 2 is 1.74 bits per heavy atom. The van der Waals surface area contributed by atoms with Gasteiger partial charge in [0, 0.05) is 52.4 Å². The average molecular weight is 291 g/mol. The average Bonchev–Trinajstić information content (AvgIpc) is 2.46. The molecule has 0 aromatic rings. The Kier molecular flexibility index (Phi) is 5.58. The third kappa shape index (κ3) is 4.39. The molecule has 0 aromatic carbocycles. The van der Waals surface area contributed by atoms with E-state index in [2.05, 4.69) is 10.2 Å². The lowest BCUT2D eigenvalue weighted by atomic mass is 10.00. The molecule has 7 heteroatoms. The van der Waals surface area contributed by atoms with Gasteiger partial charge in [0.05, 0.1) is 5.75 Å². The van der Waals surface area contributed by atoms with Crippen LogP contribution in [0.1, 0.15) is 12.8 Å². The summed E-state index contributed by atoms with van der Waals surface area (Å²) in [7, 11) is -3.12. The van der Waals surface area contributed by atoms with E-state index in [-0.39, 0.29) is 18.3 Å². The van der Waals surface area contributed by atoms with Crippen molar-refractivity contribution >= 4 is 10.0 Å². The van der Waals surface area contributed by atoms with Crippen LogP contribution in [0, 0.1) is 5.92 Å². The smallest absolute Gasteiger partial charge is 0.215 e. The first-order valence-corrected chi connectivity index (χ1v) is 8.74. The van der Waals surface area contributed by atoms with Gasteiger partial charge in [0.15, 0.2) is 0 Å². The van der Waals surface area contributed by atoms with Crippen LogP contribution in [0.15, 0.2) is 0 Å². The molecule has 0 radical (unpaired) electrons. The number of sulfonamides is 1. The monoisotopic (exact) mass is 291 g/mol. The van der Waals surface area contributed by atoms with E-state index in [9.17, 15) is 8.42 Å². The molecule has 2 saturated heterocycles. The van der Waals surface area contributed by atoms with Crippen LogP contribution in [-0.4, -0.2) is 80.9 Å². The number of aliphatic hydroxyl groups excluding tert-OH is 1. The van der Waals surface area contributed by atoms with Crippen LogP contribution in [0.4, 0.5) is 0 Å². The summed E-state index contributed by atoms with van der Waals surface area (Å²) in [6.45, 7) is 5.69. The minimum absolute atomic E-state index is 0.175. The van der Waals surface area contributed by atoms with E-state index in [4.69, 9.17) is 5.11 Å². The van der Waals surface area contributed by atoms with E-state index >= 15 is 0 Å². The first kappa shape index (κ1) is 15.2. The molecule has 2 rings (SSSR count). The van der Waals surface area contributed by atoms with Gasteiger partial charge in [-0.15, -0.1) is 0 Å². The van der Waals surface area contributed by atoms with E-state index in [0.29, 0.717) is 19.6 Å². The van der Waals surface area contributed by atoms with Crippen LogP contribution in [-0.2, 0) is 10.0 Å². The molecule has 2 heterocycles. The van der Waals surface area contributed by atoms with Crippen molar-refractivity contribution in [1.82, 2.24) is 14.5 Å². The molecule has 0 atom stereocenters. The molecule has 0 amide bonds. The molecule has 2 N–H and O–H groups in total. The van der Waals surface area contributed by atoms with Gasteiger partial charge in [-0.2, -0.15) is 0 Å². The first-order chi connectivity index (χ1) is 9.12. The second-order valence-electron chi connectivity index (χ2n) is 5.43. The highest BCUT2D eigenvalue weighted by molar-refractivity contribution is 7.89. The second-order valence-corrected chi connectivity index (χ2v) is 7.52. The van der Waals surface area contributed by atoms with Crippen LogP contribution in [0.2, 0.25) is 0 Å². The molecule has 0 bridgehead atoms. The van der Waals surface area contributed by atoms with Gasteiger partial charge < -0.3 is 10.4 Å².